The van der Waals surface area contributed by atoms with Gasteiger partial charge in [0.15, 0.2) is 5.13 Å². The van der Waals surface area contributed by atoms with Crippen LogP contribution < -0.4 is 10.6 Å². The van der Waals surface area contributed by atoms with E-state index in [-0.39, 0.29) is 11.8 Å². The van der Waals surface area contributed by atoms with Crippen molar-refractivity contribution in [3.05, 3.63) is 70.6 Å². The van der Waals surface area contributed by atoms with E-state index in [1.807, 2.05) is 29.8 Å². The Hall–Kier alpha value is -2.64. The van der Waals surface area contributed by atoms with Crippen LogP contribution >= 0.6 is 23.1 Å². The predicted molar refractivity (Wildman–Crippen MR) is 129 cm³/mol. The third-order valence-electron chi connectivity index (χ3n) is 5.40. The van der Waals surface area contributed by atoms with Crippen molar-refractivity contribution < 1.29 is 9.59 Å². The molecule has 0 aliphatic heterocycles. The highest BCUT2D eigenvalue weighted by Crippen LogP contribution is 2.30. The molecule has 31 heavy (non-hydrogen) atoms. The molecule has 0 radical (unpaired) electrons. The molecule has 5 nitrogen and oxygen atoms in total. The summed E-state index contributed by atoms with van der Waals surface area (Å²) in [5.41, 5.74) is 5.31. The molecular weight excluding hydrogens is 426 g/mol. The Kier molecular flexibility index (Phi) is 7.04. The first-order valence-corrected chi connectivity index (χ1v) is 12.6. The van der Waals surface area contributed by atoms with Crippen LogP contribution in [0, 0.1) is 0 Å². The fourth-order valence-corrected chi connectivity index (χ4v) is 4.92. The first-order chi connectivity index (χ1) is 15.1. The highest BCUT2D eigenvalue weighted by molar-refractivity contribution is 7.98. The van der Waals surface area contributed by atoms with Crippen LogP contribution in [-0.2, 0) is 17.6 Å². The topological polar surface area (TPSA) is 71.1 Å². The molecule has 0 unspecified atom stereocenters. The number of thiazole rings is 1. The number of carbonyl (C=O) groups excluding carboxylic acids is 2. The summed E-state index contributed by atoms with van der Waals surface area (Å²) in [7, 11) is 0. The molecule has 1 heterocycles. The van der Waals surface area contributed by atoms with Gasteiger partial charge in [0.05, 0.1) is 5.69 Å². The molecule has 4 rings (SSSR count). The number of anilines is 1. The zero-order chi connectivity index (χ0) is 21.6. The molecule has 160 valence electrons. The van der Waals surface area contributed by atoms with E-state index in [0.29, 0.717) is 17.1 Å². The lowest BCUT2D eigenvalue weighted by Crippen LogP contribution is -2.44. The van der Waals surface area contributed by atoms with Gasteiger partial charge < -0.3 is 10.6 Å². The summed E-state index contributed by atoms with van der Waals surface area (Å²) >= 11 is 3.04. The van der Waals surface area contributed by atoms with Crippen LogP contribution in [-0.4, -0.2) is 34.8 Å². The fraction of sp³-hybridized carbons (Fsp3) is 0.292. The van der Waals surface area contributed by atoms with Crippen LogP contribution in [0.2, 0.25) is 0 Å². The Morgan fingerprint density at radius 2 is 1.94 bits per heavy atom. The summed E-state index contributed by atoms with van der Waals surface area (Å²) in [5, 5.41) is 8.27. The van der Waals surface area contributed by atoms with E-state index in [9.17, 15) is 9.59 Å². The highest BCUT2D eigenvalue weighted by Gasteiger charge is 2.22. The van der Waals surface area contributed by atoms with Crippen molar-refractivity contribution in [3.63, 3.8) is 0 Å². The maximum absolute atomic E-state index is 12.9. The fourth-order valence-electron chi connectivity index (χ4n) is 3.72. The van der Waals surface area contributed by atoms with Gasteiger partial charge in [0.1, 0.15) is 6.04 Å². The van der Waals surface area contributed by atoms with Gasteiger partial charge in [-0.05, 0) is 67.0 Å². The minimum Gasteiger partial charge on any atom is -0.340 e. The average molecular weight is 452 g/mol. The van der Waals surface area contributed by atoms with Gasteiger partial charge in [-0.2, -0.15) is 11.8 Å². The third-order valence-corrected chi connectivity index (χ3v) is 6.80. The van der Waals surface area contributed by atoms with Gasteiger partial charge in [-0.25, -0.2) is 4.98 Å². The molecule has 2 amide bonds. The van der Waals surface area contributed by atoms with Crippen molar-refractivity contribution in [1.82, 2.24) is 10.3 Å². The Morgan fingerprint density at radius 3 is 2.74 bits per heavy atom. The number of hydrogen-bond acceptors (Lipinski definition) is 5. The molecule has 0 saturated carbocycles. The Balaban J connectivity index is 1.44. The van der Waals surface area contributed by atoms with Gasteiger partial charge in [0, 0.05) is 16.5 Å². The standard InChI is InChI=1S/C24H25N3O2S2/c1-30-13-12-20(25-22(28)17-6-3-2-4-7-17)23(29)27-24-26-21(15-31-24)19-11-10-16-8-5-9-18(16)14-19/h2-4,6-7,10-11,14-15,20H,5,8-9,12-13H2,1H3,(H,25,28)(H,26,27,29)/t20-/m1/s1. The van der Waals surface area contributed by atoms with Gasteiger partial charge in [0.25, 0.3) is 5.91 Å². The molecule has 7 heteroatoms. The van der Waals surface area contributed by atoms with Gasteiger partial charge in [0.2, 0.25) is 5.91 Å². The number of benzene rings is 2. The van der Waals surface area contributed by atoms with Crippen LogP contribution in [0.5, 0.6) is 0 Å². The molecule has 0 saturated heterocycles. The summed E-state index contributed by atoms with van der Waals surface area (Å²) in [6.45, 7) is 0. The van der Waals surface area contributed by atoms with Crippen molar-refractivity contribution in [1.29, 1.82) is 0 Å². The first kappa shape index (κ1) is 21.6. The second kappa shape index (κ2) is 10.1. The van der Waals surface area contributed by atoms with Crippen molar-refractivity contribution >= 4 is 40.0 Å². The van der Waals surface area contributed by atoms with Crippen molar-refractivity contribution in [2.45, 2.75) is 31.7 Å². The monoisotopic (exact) mass is 451 g/mol. The lowest BCUT2D eigenvalue weighted by atomic mass is 10.1. The maximum Gasteiger partial charge on any atom is 0.251 e. The minimum absolute atomic E-state index is 0.242. The molecule has 0 spiro atoms. The van der Waals surface area contributed by atoms with Crippen LogP contribution in [0.1, 0.15) is 34.3 Å². The smallest absolute Gasteiger partial charge is 0.251 e. The van der Waals surface area contributed by atoms with Gasteiger partial charge in [-0.1, -0.05) is 30.3 Å². The van der Waals surface area contributed by atoms with E-state index in [1.165, 1.54) is 28.9 Å². The van der Waals surface area contributed by atoms with E-state index in [0.717, 1.165) is 29.9 Å². The number of thioether (sulfide) groups is 1. The summed E-state index contributed by atoms with van der Waals surface area (Å²) in [6.07, 6.45) is 6.02. The average Bonchev–Trinajstić information content (AvgIpc) is 3.45. The molecule has 1 aliphatic carbocycles. The number of aryl methyl sites for hydroxylation is 2. The van der Waals surface area contributed by atoms with Crippen LogP contribution in [0.15, 0.2) is 53.9 Å². The van der Waals surface area contributed by atoms with Crippen LogP contribution in [0.3, 0.4) is 0 Å². The zero-order valence-electron chi connectivity index (χ0n) is 17.4. The number of amides is 2. The van der Waals surface area contributed by atoms with Gasteiger partial charge in [-0.15, -0.1) is 11.3 Å². The molecule has 0 bridgehead atoms. The number of nitrogens with zero attached hydrogens (tertiary/aromatic N) is 1. The third kappa shape index (κ3) is 5.35. The molecule has 0 fully saturated rings. The number of rotatable bonds is 8. The Morgan fingerprint density at radius 1 is 1.13 bits per heavy atom. The molecular formula is C24H25N3O2S2. The number of carbonyl (C=O) groups is 2. The summed E-state index contributed by atoms with van der Waals surface area (Å²) < 4.78 is 0. The van der Waals surface area contributed by atoms with E-state index < -0.39 is 6.04 Å². The molecule has 2 aromatic carbocycles. The molecule has 3 aromatic rings. The minimum atomic E-state index is -0.618. The lowest BCUT2D eigenvalue weighted by Gasteiger charge is -2.17. The van der Waals surface area contributed by atoms with E-state index in [1.54, 1.807) is 23.9 Å². The van der Waals surface area contributed by atoms with E-state index in [2.05, 4.69) is 33.8 Å². The summed E-state index contributed by atoms with van der Waals surface area (Å²) in [6, 6.07) is 14.8. The molecule has 1 aliphatic rings. The van der Waals surface area contributed by atoms with Crippen LogP contribution in [0.4, 0.5) is 5.13 Å². The predicted octanol–water partition coefficient (Wildman–Crippen LogP) is 4.79. The van der Waals surface area contributed by atoms with Crippen molar-refractivity contribution in [2.75, 3.05) is 17.3 Å². The van der Waals surface area contributed by atoms with Crippen molar-refractivity contribution in [3.8, 4) is 11.3 Å². The first-order valence-electron chi connectivity index (χ1n) is 10.4. The Labute approximate surface area is 190 Å². The van der Waals surface area contributed by atoms with Gasteiger partial charge >= 0.3 is 0 Å². The second-order valence-electron chi connectivity index (χ2n) is 7.54. The summed E-state index contributed by atoms with van der Waals surface area (Å²) in [4.78, 5) is 30.1. The second-order valence-corrected chi connectivity index (χ2v) is 9.38. The van der Waals surface area contributed by atoms with Gasteiger partial charge in [-0.3, -0.25) is 9.59 Å². The van der Waals surface area contributed by atoms with E-state index in [4.69, 9.17) is 0 Å². The maximum atomic E-state index is 12.9. The van der Waals surface area contributed by atoms with E-state index >= 15 is 0 Å². The molecule has 2 N–H and O–H groups in total. The highest BCUT2D eigenvalue weighted by atomic mass is 32.2. The zero-order valence-corrected chi connectivity index (χ0v) is 19.0. The molecule has 1 aromatic heterocycles. The summed E-state index contributed by atoms with van der Waals surface area (Å²) in [5.74, 6) is 0.277. The Bertz CT molecular complexity index is 1070. The number of nitrogens with one attached hydrogen (secondary N) is 2. The number of aromatic nitrogens is 1. The number of fused-ring (bicyclic) bond motifs is 1. The number of hydrogen-bond donors (Lipinski definition) is 2. The molecule has 1 atom stereocenters. The quantitative estimate of drug-likeness (QED) is 0.517. The SMILES string of the molecule is CSCC[C@@H](NC(=O)c1ccccc1)C(=O)Nc1nc(-c2ccc3c(c2)CCC3)cs1. The van der Waals surface area contributed by atoms with Crippen LogP contribution in [0.25, 0.3) is 11.3 Å². The normalized spacial score (nSPS) is 13.5. The largest absolute Gasteiger partial charge is 0.340 e. The van der Waals surface area contributed by atoms with Crippen molar-refractivity contribution in [2.24, 2.45) is 0 Å². The lowest BCUT2D eigenvalue weighted by molar-refractivity contribution is -0.118.